The van der Waals surface area contributed by atoms with E-state index in [1.165, 1.54) is 19.1 Å². The van der Waals surface area contributed by atoms with Crippen molar-refractivity contribution in [3.8, 4) is 0 Å². The van der Waals surface area contributed by atoms with Crippen LogP contribution in [0.2, 0.25) is 0 Å². The fraction of sp³-hybridized carbons (Fsp3) is 0.300. The summed E-state index contributed by atoms with van der Waals surface area (Å²) >= 11 is 0. The van der Waals surface area contributed by atoms with E-state index in [2.05, 4.69) is 15.5 Å². The number of nitrogens with zero attached hydrogens (tertiary/aromatic N) is 2. The van der Waals surface area contributed by atoms with Crippen LogP contribution in [0.4, 0.5) is 20.6 Å². The Morgan fingerprint density at radius 2 is 1.59 bits per heavy atom. The normalized spacial score (nSPS) is 14.0. The summed E-state index contributed by atoms with van der Waals surface area (Å²) in [6, 6.07) is 13.7. The number of hydrogen-bond donors (Lipinski definition) is 2. The van der Waals surface area contributed by atoms with Gasteiger partial charge in [0.1, 0.15) is 5.82 Å². The number of halogens is 1. The van der Waals surface area contributed by atoms with Gasteiger partial charge in [0.05, 0.1) is 0 Å². The summed E-state index contributed by atoms with van der Waals surface area (Å²) in [6.07, 6.45) is 0. The molecule has 0 saturated carbocycles. The molecule has 0 spiro atoms. The van der Waals surface area contributed by atoms with E-state index in [1.54, 1.807) is 17.0 Å². The van der Waals surface area contributed by atoms with E-state index in [0.29, 0.717) is 19.6 Å². The zero-order valence-electron chi connectivity index (χ0n) is 15.2. The highest BCUT2D eigenvalue weighted by Crippen LogP contribution is 2.19. The number of amides is 3. The van der Waals surface area contributed by atoms with Crippen LogP contribution in [0, 0.1) is 5.82 Å². The molecule has 3 rings (SSSR count). The van der Waals surface area contributed by atoms with Crippen LogP contribution >= 0.6 is 0 Å². The van der Waals surface area contributed by atoms with Gasteiger partial charge in [-0.1, -0.05) is 12.1 Å². The molecular weight excluding hydrogens is 347 g/mol. The van der Waals surface area contributed by atoms with Crippen LogP contribution in [0.5, 0.6) is 0 Å². The van der Waals surface area contributed by atoms with E-state index in [4.69, 9.17) is 0 Å². The third-order valence-corrected chi connectivity index (χ3v) is 4.48. The summed E-state index contributed by atoms with van der Waals surface area (Å²) in [6.45, 7) is 4.59. The summed E-state index contributed by atoms with van der Waals surface area (Å²) in [5.74, 6) is -0.380. The molecule has 0 aromatic heterocycles. The molecule has 7 heteroatoms. The molecule has 27 heavy (non-hydrogen) atoms. The van der Waals surface area contributed by atoms with Crippen LogP contribution in [0.15, 0.2) is 48.5 Å². The molecule has 142 valence electrons. The summed E-state index contributed by atoms with van der Waals surface area (Å²) in [5.41, 5.74) is 2.70. The fourth-order valence-corrected chi connectivity index (χ4v) is 3.02. The molecule has 1 fully saturated rings. The number of benzene rings is 2. The van der Waals surface area contributed by atoms with E-state index in [9.17, 15) is 14.0 Å². The van der Waals surface area contributed by atoms with Crippen molar-refractivity contribution >= 4 is 23.3 Å². The molecular formula is C20H23FN4O2. The van der Waals surface area contributed by atoms with Crippen molar-refractivity contribution < 1.29 is 14.0 Å². The monoisotopic (exact) mass is 370 g/mol. The van der Waals surface area contributed by atoms with Gasteiger partial charge in [0.15, 0.2) is 0 Å². The Balaban J connectivity index is 1.47. The van der Waals surface area contributed by atoms with Crippen LogP contribution in [0.25, 0.3) is 0 Å². The van der Waals surface area contributed by atoms with Crippen LogP contribution in [-0.2, 0) is 11.3 Å². The van der Waals surface area contributed by atoms with Gasteiger partial charge in [-0.2, -0.15) is 0 Å². The van der Waals surface area contributed by atoms with Crippen molar-refractivity contribution in [1.29, 1.82) is 0 Å². The van der Waals surface area contributed by atoms with Gasteiger partial charge in [-0.15, -0.1) is 0 Å². The van der Waals surface area contributed by atoms with Gasteiger partial charge in [-0.3, -0.25) is 4.79 Å². The molecule has 2 aromatic carbocycles. The summed E-state index contributed by atoms with van der Waals surface area (Å²) in [7, 11) is 0. The van der Waals surface area contributed by atoms with Gasteiger partial charge in [0.2, 0.25) is 5.91 Å². The van der Waals surface area contributed by atoms with E-state index >= 15 is 0 Å². The number of urea groups is 1. The molecule has 1 aliphatic heterocycles. The highest BCUT2D eigenvalue weighted by molar-refractivity contribution is 5.88. The molecule has 0 atom stereocenters. The maximum atomic E-state index is 12.9. The molecule has 1 saturated heterocycles. The number of nitrogens with one attached hydrogen (secondary N) is 2. The van der Waals surface area contributed by atoms with Crippen LogP contribution in [0.1, 0.15) is 12.5 Å². The summed E-state index contributed by atoms with van der Waals surface area (Å²) < 4.78 is 12.9. The van der Waals surface area contributed by atoms with E-state index < -0.39 is 0 Å². The van der Waals surface area contributed by atoms with Gasteiger partial charge in [-0.05, 0) is 42.0 Å². The molecule has 2 aromatic rings. The minimum Gasteiger partial charge on any atom is -0.368 e. The van der Waals surface area contributed by atoms with Gasteiger partial charge in [-0.25, -0.2) is 9.18 Å². The van der Waals surface area contributed by atoms with Crippen LogP contribution in [-0.4, -0.2) is 43.0 Å². The van der Waals surface area contributed by atoms with Crippen molar-refractivity contribution in [2.75, 3.05) is 36.4 Å². The molecule has 0 bridgehead atoms. The molecule has 0 radical (unpaired) electrons. The molecule has 6 nitrogen and oxygen atoms in total. The van der Waals surface area contributed by atoms with Crippen molar-refractivity contribution in [1.82, 2.24) is 10.2 Å². The highest BCUT2D eigenvalue weighted by Gasteiger charge is 2.21. The smallest absolute Gasteiger partial charge is 0.317 e. The number of piperazine rings is 1. The molecule has 0 aliphatic carbocycles. The first-order valence-electron chi connectivity index (χ1n) is 8.91. The summed E-state index contributed by atoms with van der Waals surface area (Å²) in [4.78, 5) is 27.4. The lowest BCUT2D eigenvalue weighted by Crippen LogP contribution is -2.51. The van der Waals surface area contributed by atoms with Crippen molar-refractivity contribution in [2.24, 2.45) is 0 Å². The maximum absolute atomic E-state index is 12.9. The molecule has 2 N–H and O–H groups in total. The first-order chi connectivity index (χ1) is 13.0. The molecule has 0 unspecified atom stereocenters. The Bertz CT molecular complexity index is 785. The van der Waals surface area contributed by atoms with Gasteiger partial charge >= 0.3 is 6.03 Å². The molecule has 1 heterocycles. The molecule has 1 aliphatic rings. The standard InChI is InChI=1S/C20H23FN4O2/c1-15(26)23-18-6-8-19(9-7-18)24-10-12-25(13-11-24)20(27)22-14-16-2-4-17(21)5-3-16/h2-9H,10-14H2,1H3,(H,22,27)(H,23,26). The Morgan fingerprint density at radius 3 is 2.19 bits per heavy atom. The fourth-order valence-electron chi connectivity index (χ4n) is 3.02. The zero-order valence-corrected chi connectivity index (χ0v) is 15.2. The maximum Gasteiger partial charge on any atom is 0.317 e. The zero-order chi connectivity index (χ0) is 19.2. The van der Waals surface area contributed by atoms with Crippen LogP contribution in [0.3, 0.4) is 0 Å². The second-order valence-corrected chi connectivity index (χ2v) is 6.49. The minimum atomic E-state index is -0.286. The Labute approximate surface area is 158 Å². The number of carbonyl (C=O) groups is 2. The molecule has 3 amide bonds. The first-order valence-corrected chi connectivity index (χ1v) is 8.91. The lowest BCUT2D eigenvalue weighted by Gasteiger charge is -2.36. The topological polar surface area (TPSA) is 64.7 Å². The number of hydrogen-bond acceptors (Lipinski definition) is 3. The average Bonchev–Trinajstić information content (AvgIpc) is 2.67. The SMILES string of the molecule is CC(=O)Nc1ccc(N2CCN(C(=O)NCc3ccc(F)cc3)CC2)cc1. The Kier molecular flexibility index (Phi) is 5.90. The van der Waals surface area contributed by atoms with E-state index in [0.717, 1.165) is 30.0 Å². The van der Waals surface area contributed by atoms with Crippen molar-refractivity contribution in [3.63, 3.8) is 0 Å². The predicted molar refractivity (Wildman–Crippen MR) is 103 cm³/mol. The highest BCUT2D eigenvalue weighted by atomic mass is 19.1. The van der Waals surface area contributed by atoms with Gasteiger partial charge in [0, 0.05) is 51.0 Å². The Morgan fingerprint density at radius 1 is 0.963 bits per heavy atom. The van der Waals surface area contributed by atoms with Crippen LogP contribution < -0.4 is 15.5 Å². The van der Waals surface area contributed by atoms with Crippen molar-refractivity contribution in [2.45, 2.75) is 13.5 Å². The minimum absolute atomic E-state index is 0.0944. The third-order valence-electron chi connectivity index (χ3n) is 4.48. The lowest BCUT2D eigenvalue weighted by molar-refractivity contribution is -0.114. The number of anilines is 2. The van der Waals surface area contributed by atoms with E-state index in [-0.39, 0.29) is 17.8 Å². The Hall–Kier alpha value is -3.09. The van der Waals surface area contributed by atoms with Crippen molar-refractivity contribution in [3.05, 3.63) is 59.9 Å². The lowest BCUT2D eigenvalue weighted by atomic mass is 10.2. The first kappa shape index (κ1) is 18.7. The quantitative estimate of drug-likeness (QED) is 0.870. The average molecular weight is 370 g/mol. The van der Waals surface area contributed by atoms with E-state index in [1.807, 2.05) is 24.3 Å². The largest absolute Gasteiger partial charge is 0.368 e. The number of carbonyl (C=O) groups excluding carboxylic acids is 2. The summed E-state index contributed by atoms with van der Waals surface area (Å²) in [5, 5.41) is 5.62. The second kappa shape index (κ2) is 8.53. The van der Waals surface area contributed by atoms with Gasteiger partial charge < -0.3 is 20.4 Å². The predicted octanol–water partition coefficient (Wildman–Crippen LogP) is 2.82. The second-order valence-electron chi connectivity index (χ2n) is 6.49. The third kappa shape index (κ3) is 5.20. The van der Waals surface area contributed by atoms with Gasteiger partial charge in [0.25, 0.3) is 0 Å². The number of rotatable bonds is 4.